The normalized spacial score (nSPS) is 25.3. The molecule has 3 aliphatic rings. The molecule has 1 amide bonds. The summed E-state index contributed by atoms with van der Waals surface area (Å²) in [6, 6.07) is 7.51. The molecule has 0 saturated heterocycles. The van der Waals surface area contributed by atoms with Gasteiger partial charge in [-0.25, -0.2) is 4.98 Å². The van der Waals surface area contributed by atoms with Gasteiger partial charge in [-0.1, -0.05) is 11.6 Å². The number of Topliss-reactive ketones (excluding diaryl/α,β-unsaturated/α-hetero) is 1. The Bertz CT molecular complexity index is 1270. The van der Waals surface area contributed by atoms with Crippen molar-refractivity contribution in [2.75, 3.05) is 6.54 Å². The first-order valence-corrected chi connectivity index (χ1v) is 12.8. The van der Waals surface area contributed by atoms with Crippen LogP contribution in [0.25, 0.3) is 10.9 Å². The van der Waals surface area contributed by atoms with Crippen molar-refractivity contribution in [2.45, 2.75) is 62.7 Å². The quantitative estimate of drug-likeness (QED) is 0.480. The standard InChI is InChI=1S/C24H26ClN5O2S/c25-14-3-6-16-13(10-14)11-18(27-16)21(31)24(26)8-1-2-20(24)29-22(32)23-28-17-7-9-30(15-4-5-15)12-19(17)33-23/h3,6,10-11,15,20,27H,1-2,4-5,7-9,12,26H2,(H,29,32). The zero-order valence-electron chi connectivity index (χ0n) is 18.2. The Balaban J connectivity index is 1.20. The van der Waals surface area contributed by atoms with Crippen molar-refractivity contribution in [1.29, 1.82) is 0 Å². The molecule has 3 heterocycles. The SMILES string of the molecule is NC1(C(=O)c2cc3cc(Cl)ccc3[nH]2)CCCC1NC(=O)c1nc2c(s1)CN(C1CC1)CC2. The molecule has 6 rings (SSSR count). The van der Waals surface area contributed by atoms with E-state index < -0.39 is 11.6 Å². The fourth-order valence-corrected chi connectivity index (χ4v) is 6.48. The number of hydrogen-bond donors (Lipinski definition) is 3. The second kappa shape index (κ2) is 7.91. The molecule has 4 N–H and O–H groups in total. The van der Waals surface area contributed by atoms with Gasteiger partial charge in [0, 0.05) is 46.4 Å². The van der Waals surface area contributed by atoms with Gasteiger partial charge in [-0.15, -0.1) is 11.3 Å². The summed E-state index contributed by atoms with van der Waals surface area (Å²) in [4.78, 5) is 38.0. The molecule has 0 radical (unpaired) electrons. The second-order valence-corrected chi connectivity index (χ2v) is 11.1. The van der Waals surface area contributed by atoms with E-state index in [2.05, 4.69) is 20.2 Å². The predicted molar refractivity (Wildman–Crippen MR) is 129 cm³/mol. The van der Waals surface area contributed by atoms with Crippen LogP contribution in [0.5, 0.6) is 0 Å². The highest BCUT2D eigenvalue weighted by Crippen LogP contribution is 2.35. The van der Waals surface area contributed by atoms with E-state index in [1.54, 1.807) is 12.1 Å². The fourth-order valence-electron chi connectivity index (χ4n) is 5.26. The average molecular weight is 484 g/mol. The van der Waals surface area contributed by atoms with Crippen LogP contribution >= 0.6 is 22.9 Å². The highest BCUT2D eigenvalue weighted by atomic mass is 35.5. The predicted octanol–water partition coefficient (Wildman–Crippen LogP) is 3.66. The molecule has 3 aromatic rings. The molecule has 1 aliphatic heterocycles. The highest BCUT2D eigenvalue weighted by molar-refractivity contribution is 7.13. The topological polar surface area (TPSA) is 104 Å². The van der Waals surface area contributed by atoms with Gasteiger partial charge >= 0.3 is 0 Å². The van der Waals surface area contributed by atoms with Crippen molar-refractivity contribution >= 4 is 45.5 Å². The second-order valence-electron chi connectivity index (χ2n) is 9.54. The van der Waals surface area contributed by atoms with Crippen LogP contribution in [-0.4, -0.2) is 50.7 Å². The summed E-state index contributed by atoms with van der Waals surface area (Å²) < 4.78 is 0. The van der Waals surface area contributed by atoms with Crippen LogP contribution in [0, 0.1) is 0 Å². The number of hydrogen-bond acceptors (Lipinski definition) is 6. The lowest BCUT2D eigenvalue weighted by Gasteiger charge is -2.30. The summed E-state index contributed by atoms with van der Waals surface area (Å²) in [5.74, 6) is -0.415. The Morgan fingerprint density at radius 3 is 2.94 bits per heavy atom. The zero-order valence-corrected chi connectivity index (χ0v) is 19.8. The molecule has 172 valence electrons. The third-order valence-corrected chi connectivity index (χ3v) is 8.60. The molecule has 0 spiro atoms. The Kier molecular flexibility index (Phi) is 5.10. The lowest BCUT2D eigenvalue weighted by Crippen LogP contribution is -2.60. The van der Waals surface area contributed by atoms with Gasteiger partial charge in [0.25, 0.3) is 5.91 Å². The third kappa shape index (κ3) is 3.79. The summed E-state index contributed by atoms with van der Waals surface area (Å²) in [5.41, 5.74) is 7.85. The minimum atomic E-state index is -1.15. The average Bonchev–Trinajstić information content (AvgIpc) is 3.26. The molecule has 0 bridgehead atoms. The Hall–Kier alpha value is -2.26. The van der Waals surface area contributed by atoms with Gasteiger partial charge in [-0.2, -0.15) is 0 Å². The number of nitrogens with zero attached hydrogens (tertiary/aromatic N) is 2. The first kappa shape index (κ1) is 21.3. The van der Waals surface area contributed by atoms with Gasteiger partial charge in [-0.05, 0) is 56.4 Å². The van der Waals surface area contributed by atoms with Crippen LogP contribution in [0.4, 0.5) is 0 Å². The Labute approximate surface area is 200 Å². The number of thiazole rings is 1. The molecule has 9 heteroatoms. The number of nitrogens with one attached hydrogen (secondary N) is 2. The number of halogens is 1. The summed E-state index contributed by atoms with van der Waals surface area (Å²) in [7, 11) is 0. The van der Waals surface area contributed by atoms with E-state index in [4.69, 9.17) is 17.3 Å². The lowest BCUT2D eigenvalue weighted by molar-refractivity contribution is 0.0831. The number of nitrogens with two attached hydrogens (primary N) is 1. The van der Waals surface area contributed by atoms with E-state index in [-0.39, 0.29) is 11.7 Å². The molecule has 2 atom stereocenters. The molecule has 33 heavy (non-hydrogen) atoms. The van der Waals surface area contributed by atoms with Gasteiger partial charge in [-0.3, -0.25) is 14.5 Å². The molecule has 7 nitrogen and oxygen atoms in total. The van der Waals surface area contributed by atoms with Crippen LogP contribution in [0.1, 0.15) is 63.0 Å². The maximum atomic E-state index is 13.5. The zero-order chi connectivity index (χ0) is 22.7. The minimum absolute atomic E-state index is 0.184. The highest BCUT2D eigenvalue weighted by Gasteiger charge is 2.47. The van der Waals surface area contributed by atoms with Crippen molar-refractivity contribution in [3.63, 3.8) is 0 Å². The monoisotopic (exact) mass is 483 g/mol. The van der Waals surface area contributed by atoms with Crippen LogP contribution in [0.3, 0.4) is 0 Å². The van der Waals surface area contributed by atoms with E-state index in [0.29, 0.717) is 34.6 Å². The van der Waals surface area contributed by atoms with Crippen LogP contribution in [0.15, 0.2) is 24.3 Å². The molecular weight excluding hydrogens is 458 g/mol. The summed E-state index contributed by atoms with van der Waals surface area (Å²) in [6.45, 7) is 1.90. The minimum Gasteiger partial charge on any atom is -0.352 e. The first-order chi connectivity index (χ1) is 15.9. The number of benzene rings is 1. The molecule has 1 aromatic carbocycles. The maximum absolute atomic E-state index is 13.5. The smallest absolute Gasteiger partial charge is 0.280 e. The number of carbonyl (C=O) groups excluding carboxylic acids is 2. The number of rotatable bonds is 5. The fraction of sp³-hybridized carbons (Fsp3) is 0.458. The summed E-state index contributed by atoms with van der Waals surface area (Å²) in [5, 5.41) is 5.00. The van der Waals surface area contributed by atoms with Gasteiger partial charge in [0.05, 0.1) is 17.4 Å². The van der Waals surface area contributed by atoms with Crippen molar-refractivity contribution in [3.8, 4) is 0 Å². The molecule has 2 saturated carbocycles. The molecular formula is C24H26ClN5O2S. The van der Waals surface area contributed by atoms with Crippen LogP contribution in [0.2, 0.25) is 5.02 Å². The van der Waals surface area contributed by atoms with Crippen LogP contribution < -0.4 is 11.1 Å². The number of H-pyrrole nitrogens is 1. The molecule has 2 fully saturated rings. The number of ketones is 1. The largest absolute Gasteiger partial charge is 0.352 e. The van der Waals surface area contributed by atoms with Crippen molar-refractivity contribution in [3.05, 3.63) is 50.6 Å². The molecule has 2 aromatic heterocycles. The number of carbonyl (C=O) groups is 2. The Morgan fingerprint density at radius 1 is 1.27 bits per heavy atom. The van der Waals surface area contributed by atoms with Gasteiger partial charge in [0.2, 0.25) is 5.78 Å². The van der Waals surface area contributed by atoms with Gasteiger partial charge in [0.1, 0.15) is 5.54 Å². The number of aromatic nitrogens is 2. The number of aromatic amines is 1. The lowest BCUT2D eigenvalue weighted by atomic mass is 9.87. The van der Waals surface area contributed by atoms with E-state index in [9.17, 15) is 9.59 Å². The van der Waals surface area contributed by atoms with Gasteiger partial charge in [0.15, 0.2) is 5.01 Å². The van der Waals surface area contributed by atoms with E-state index >= 15 is 0 Å². The molecule has 2 aliphatic carbocycles. The number of amides is 1. The van der Waals surface area contributed by atoms with Crippen molar-refractivity contribution in [2.24, 2.45) is 5.73 Å². The van der Waals surface area contributed by atoms with E-state index in [1.165, 1.54) is 29.1 Å². The van der Waals surface area contributed by atoms with Crippen LogP contribution in [-0.2, 0) is 13.0 Å². The van der Waals surface area contributed by atoms with Crippen molar-refractivity contribution in [1.82, 2.24) is 20.2 Å². The van der Waals surface area contributed by atoms with E-state index in [1.807, 2.05) is 12.1 Å². The van der Waals surface area contributed by atoms with E-state index in [0.717, 1.165) is 42.5 Å². The third-order valence-electron chi connectivity index (χ3n) is 7.28. The maximum Gasteiger partial charge on any atom is 0.280 e. The summed E-state index contributed by atoms with van der Waals surface area (Å²) >= 11 is 7.56. The summed E-state index contributed by atoms with van der Waals surface area (Å²) in [6.07, 6.45) is 5.42. The molecule has 2 unspecified atom stereocenters. The first-order valence-electron chi connectivity index (χ1n) is 11.6. The van der Waals surface area contributed by atoms with Gasteiger partial charge < -0.3 is 16.0 Å². The van der Waals surface area contributed by atoms with Crippen molar-refractivity contribution < 1.29 is 9.59 Å². The Morgan fingerprint density at radius 2 is 2.12 bits per heavy atom. The number of fused-ring (bicyclic) bond motifs is 2.